The SMILES string of the molecule is CC(N)Cc1cnc(Sc2ccccn2)nc1. The first-order valence-corrected chi connectivity index (χ1v) is 6.21. The van der Waals surface area contributed by atoms with Crippen LogP contribution in [0, 0.1) is 0 Å². The molecule has 1 atom stereocenters. The lowest BCUT2D eigenvalue weighted by molar-refractivity contribution is 0.727. The number of hydrogen-bond acceptors (Lipinski definition) is 5. The van der Waals surface area contributed by atoms with Gasteiger partial charge in [0.25, 0.3) is 0 Å². The third kappa shape index (κ3) is 3.80. The summed E-state index contributed by atoms with van der Waals surface area (Å²) in [5.74, 6) is 0. The predicted octanol–water partition coefficient (Wildman–Crippen LogP) is 1.91. The summed E-state index contributed by atoms with van der Waals surface area (Å²) in [5.41, 5.74) is 6.78. The smallest absolute Gasteiger partial charge is 0.193 e. The molecular formula is C12H14N4S. The van der Waals surface area contributed by atoms with E-state index in [1.54, 1.807) is 6.20 Å². The quantitative estimate of drug-likeness (QED) is 0.835. The van der Waals surface area contributed by atoms with Crippen LogP contribution in [0.2, 0.25) is 0 Å². The van der Waals surface area contributed by atoms with Crippen LogP contribution < -0.4 is 5.73 Å². The van der Waals surface area contributed by atoms with Crippen molar-refractivity contribution in [1.82, 2.24) is 15.0 Å². The second-order valence-corrected chi connectivity index (χ2v) is 4.81. The van der Waals surface area contributed by atoms with Gasteiger partial charge in [-0.15, -0.1) is 0 Å². The maximum atomic E-state index is 5.72. The molecule has 2 aromatic heterocycles. The van der Waals surface area contributed by atoms with Gasteiger partial charge in [-0.25, -0.2) is 15.0 Å². The summed E-state index contributed by atoms with van der Waals surface area (Å²) in [4.78, 5) is 12.8. The number of hydrogen-bond donors (Lipinski definition) is 1. The fourth-order valence-electron chi connectivity index (χ4n) is 1.37. The third-order valence-electron chi connectivity index (χ3n) is 2.07. The van der Waals surface area contributed by atoms with E-state index in [-0.39, 0.29) is 6.04 Å². The summed E-state index contributed by atoms with van der Waals surface area (Å²) < 4.78 is 0. The highest BCUT2D eigenvalue weighted by Gasteiger charge is 2.03. The normalized spacial score (nSPS) is 12.4. The first-order valence-electron chi connectivity index (χ1n) is 5.39. The molecule has 5 heteroatoms. The van der Waals surface area contributed by atoms with Crippen molar-refractivity contribution in [2.45, 2.75) is 29.6 Å². The minimum absolute atomic E-state index is 0.132. The van der Waals surface area contributed by atoms with Gasteiger partial charge < -0.3 is 5.73 Å². The zero-order valence-corrected chi connectivity index (χ0v) is 10.4. The molecule has 17 heavy (non-hydrogen) atoms. The summed E-state index contributed by atoms with van der Waals surface area (Å²) in [7, 11) is 0. The van der Waals surface area contributed by atoms with Crippen molar-refractivity contribution < 1.29 is 0 Å². The largest absolute Gasteiger partial charge is 0.328 e. The fourth-order valence-corrected chi connectivity index (χ4v) is 2.03. The maximum Gasteiger partial charge on any atom is 0.193 e. The Kier molecular flexibility index (Phi) is 4.06. The average Bonchev–Trinajstić information content (AvgIpc) is 2.32. The molecular weight excluding hydrogens is 232 g/mol. The number of nitrogens with zero attached hydrogens (tertiary/aromatic N) is 3. The van der Waals surface area contributed by atoms with Crippen molar-refractivity contribution in [2.24, 2.45) is 5.73 Å². The van der Waals surface area contributed by atoms with E-state index >= 15 is 0 Å². The zero-order chi connectivity index (χ0) is 12.1. The molecule has 0 aromatic carbocycles. The predicted molar refractivity (Wildman–Crippen MR) is 67.7 cm³/mol. The van der Waals surface area contributed by atoms with Gasteiger partial charge in [0.05, 0.1) is 0 Å². The van der Waals surface area contributed by atoms with Gasteiger partial charge in [-0.1, -0.05) is 6.07 Å². The molecule has 0 spiro atoms. The van der Waals surface area contributed by atoms with Crippen LogP contribution in [-0.4, -0.2) is 21.0 Å². The molecule has 0 aliphatic heterocycles. The van der Waals surface area contributed by atoms with Gasteiger partial charge in [0.1, 0.15) is 5.03 Å². The molecule has 0 fully saturated rings. The summed E-state index contributed by atoms with van der Waals surface area (Å²) in [5, 5.41) is 1.60. The van der Waals surface area contributed by atoms with E-state index in [1.165, 1.54) is 11.8 Å². The number of rotatable bonds is 4. The van der Waals surface area contributed by atoms with E-state index in [1.807, 2.05) is 37.5 Å². The molecule has 0 aliphatic rings. The van der Waals surface area contributed by atoms with Gasteiger partial charge in [-0.2, -0.15) is 0 Å². The highest BCUT2D eigenvalue weighted by molar-refractivity contribution is 7.99. The van der Waals surface area contributed by atoms with E-state index in [0.29, 0.717) is 5.16 Å². The van der Waals surface area contributed by atoms with Gasteiger partial charge >= 0.3 is 0 Å². The highest BCUT2D eigenvalue weighted by Crippen LogP contribution is 2.21. The molecule has 0 saturated heterocycles. The minimum atomic E-state index is 0.132. The Labute approximate surface area is 105 Å². The van der Waals surface area contributed by atoms with Crippen LogP contribution >= 0.6 is 11.8 Å². The lowest BCUT2D eigenvalue weighted by atomic mass is 10.1. The van der Waals surface area contributed by atoms with Crippen LogP contribution in [0.4, 0.5) is 0 Å². The van der Waals surface area contributed by atoms with Crippen molar-refractivity contribution in [3.05, 3.63) is 42.4 Å². The number of pyridine rings is 1. The van der Waals surface area contributed by atoms with Crippen molar-refractivity contribution in [1.29, 1.82) is 0 Å². The van der Waals surface area contributed by atoms with Gasteiger partial charge in [0.2, 0.25) is 0 Å². The standard InChI is InChI=1S/C12H14N4S/c1-9(13)6-10-7-15-12(16-8-10)17-11-4-2-3-5-14-11/h2-5,7-9H,6,13H2,1H3. The Balaban J connectivity index is 2.03. The maximum absolute atomic E-state index is 5.72. The average molecular weight is 246 g/mol. The zero-order valence-electron chi connectivity index (χ0n) is 9.58. The number of nitrogens with two attached hydrogens (primary N) is 1. The van der Waals surface area contributed by atoms with Gasteiger partial charge in [0.15, 0.2) is 5.16 Å². The van der Waals surface area contributed by atoms with E-state index < -0.39 is 0 Å². The fraction of sp³-hybridized carbons (Fsp3) is 0.250. The first-order chi connectivity index (χ1) is 8.24. The summed E-state index contributed by atoms with van der Waals surface area (Å²) in [6.07, 6.45) is 6.20. The van der Waals surface area contributed by atoms with Crippen LogP contribution in [0.25, 0.3) is 0 Å². The number of aromatic nitrogens is 3. The Morgan fingerprint density at radius 1 is 1.24 bits per heavy atom. The van der Waals surface area contributed by atoms with Crippen LogP contribution in [0.3, 0.4) is 0 Å². The van der Waals surface area contributed by atoms with Crippen LogP contribution in [0.1, 0.15) is 12.5 Å². The minimum Gasteiger partial charge on any atom is -0.328 e. The Morgan fingerprint density at radius 2 is 2.00 bits per heavy atom. The van der Waals surface area contributed by atoms with Crippen molar-refractivity contribution in [2.75, 3.05) is 0 Å². The topological polar surface area (TPSA) is 64.7 Å². The van der Waals surface area contributed by atoms with Crippen molar-refractivity contribution in [3.63, 3.8) is 0 Å². The second-order valence-electron chi connectivity index (χ2n) is 3.83. The summed E-state index contributed by atoms with van der Waals surface area (Å²) in [6, 6.07) is 5.90. The third-order valence-corrected chi connectivity index (χ3v) is 2.92. The lowest BCUT2D eigenvalue weighted by Gasteiger charge is -2.04. The van der Waals surface area contributed by atoms with Crippen molar-refractivity contribution in [3.8, 4) is 0 Å². The molecule has 0 aliphatic carbocycles. The van der Waals surface area contributed by atoms with Gasteiger partial charge in [-0.3, -0.25) is 0 Å². The Morgan fingerprint density at radius 3 is 2.59 bits per heavy atom. The van der Waals surface area contributed by atoms with E-state index in [2.05, 4.69) is 15.0 Å². The Bertz CT molecular complexity index is 456. The van der Waals surface area contributed by atoms with Gasteiger partial charge in [0, 0.05) is 24.6 Å². The monoisotopic (exact) mass is 246 g/mol. The molecule has 0 radical (unpaired) electrons. The molecule has 2 rings (SSSR count). The summed E-state index contributed by atoms with van der Waals surface area (Å²) >= 11 is 1.45. The lowest BCUT2D eigenvalue weighted by Crippen LogP contribution is -2.17. The first kappa shape index (κ1) is 12.0. The van der Waals surface area contributed by atoms with Crippen LogP contribution in [0.15, 0.2) is 47.0 Å². The molecule has 88 valence electrons. The second kappa shape index (κ2) is 5.75. The molecule has 0 amide bonds. The van der Waals surface area contributed by atoms with Crippen molar-refractivity contribution >= 4 is 11.8 Å². The molecule has 2 N–H and O–H groups in total. The van der Waals surface area contributed by atoms with Crippen LogP contribution in [-0.2, 0) is 6.42 Å². The Hall–Kier alpha value is -1.46. The van der Waals surface area contributed by atoms with Gasteiger partial charge in [-0.05, 0) is 42.8 Å². The van der Waals surface area contributed by atoms with E-state index in [0.717, 1.165) is 17.0 Å². The molecule has 2 heterocycles. The molecule has 2 aromatic rings. The molecule has 1 unspecified atom stereocenters. The summed E-state index contributed by atoms with van der Waals surface area (Å²) in [6.45, 7) is 1.97. The van der Waals surface area contributed by atoms with E-state index in [9.17, 15) is 0 Å². The molecule has 4 nitrogen and oxygen atoms in total. The highest BCUT2D eigenvalue weighted by atomic mass is 32.2. The molecule has 0 bridgehead atoms. The van der Waals surface area contributed by atoms with E-state index in [4.69, 9.17) is 5.73 Å². The van der Waals surface area contributed by atoms with Crippen LogP contribution in [0.5, 0.6) is 0 Å². The molecule has 0 saturated carbocycles.